The van der Waals surface area contributed by atoms with E-state index >= 15 is 0 Å². The van der Waals surface area contributed by atoms with Gasteiger partial charge in [-0.25, -0.2) is 4.99 Å². The second kappa shape index (κ2) is 11.4. The van der Waals surface area contributed by atoms with Gasteiger partial charge in [-0.2, -0.15) is 0 Å². The predicted molar refractivity (Wildman–Crippen MR) is 161 cm³/mol. The van der Waals surface area contributed by atoms with E-state index in [4.69, 9.17) is 9.73 Å². The van der Waals surface area contributed by atoms with E-state index in [1.165, 1.54) is 22.5 Å². The average molecular weight is 527 g/mol. The van der Waals surface area contributed by atoms with Gasteiger partial charge in [-0.15, -0.1) is 0 Å². The van der Waals surface area contributed by atoms with Crippen molar-refractivity contribution < 1.29 is 9.53 Å². The summed E-state index contributed by atoms with van der Waals surface area (Å²) >= 11 is 1.40. The Labute approximate surface area is 232 Å². The molecule has 0 aromatic heterocycles. The van der Waals surface area contributed by atoms with E-state index in [0.29, 0.717) is 23.2 Å². The Bertz CT molecular complexity index is 1660. The van der Waals surface area contributed by atoms with Crippen molar-refractivity contribution >= 4 is 45.4 Å². The zero-order valence-corrected chi connectivity index (χ0v) is 22.1. The van der Waals surface area contributed by atoms with E-state index < -0.39 is 0 Å². The molecule has 0 unspecified atom stereocenters. The maximum atomic E-state index is 13.5. The molecule has 4 nitrogen and oxygen atoms in total. The van der Waals surface area contributed by atoms with E-state index in [-0.39, 0.29) is 5.91 Å². The summed E-state index contributed by atoms with van der Waals surface area (Å²) in [5.41, 5.74) is 3.96. The number of rotatable bonds is 7. The summed E-state index contributed by atoms with van der Waals surface area (Å²) in [6.45, 7) is 0.959. The van der Waals surface area contributed by atoms with Crippen LogP contribution in [0.1, 0.15) is 16.7 Å². The number of thioether (sulfide) groups is 1. The van der Waals surface area contributed by atoms with Crippen molar-refractivity contribution in [2.45, 2.75) is 13.2 Å². The van der Waals surface area contributed by atoms with E-state index in [1.54, 1.807) is 4.90 Å². The van der Waals surface area contributed by atoms with Gasteiger partial charge in [-0.3, -0.25) is 9.69 Å². The molecule has 0 N–H and O–H groups in total. The molecule has 0 atom stereocenters. The lowest BCUT2D eigenvalue weighted by molar-refractivity contribution is -0.122. The summed E-state index contributed by atoms with van der Waals surface area (Å²) in [5.74, 6) is 0.738. The van der Waals surface area contributed by atoms with Crippen molar-refractivity contribution in [1.82, 2.24) is 4.90 Å². The SMILES string of the molecule is O=C1/C(=C/c2ccc(OCc3cccc4ccccc34)cc2)SC(=Nc2ccccc2)N1Cc1ccccc1. The largest absolute Gasteiger partial charge is 0.489 e. The number of fused-ring (bicyclic) bond motifs is 1. The number of para-hydroxylation sites is 1. The molecule has 1 saturated heterocycles. The summed E-state index contributed by atoms with van der Waals surface area (Å²) in [5, 5.41) is 3.08. The van der Waals surface area contributed by atoms with Crippen LogP contribution in [0.5, 0.6) is 5.75 Å². The van der Waals surface area contributed by atoms with Gasteiger partial charge in [0, 0.05) is 0 Å². The number of ether oxygens (including phenoxy) is 1. The topological polar surface area (TPSA) is 41.9 Å². The van der Waals surface area contributed by atoms with Crippen LogP contribution in [0.3, 0.4) is 0 Å². The Balaban J connectivity index is 1.20. The van der Waals surface area contributed by atoms with Gasteiger partial charge in [0.2, 0.25) is 0 Å². The minimum absolute atomic E-state index is 0.0465. The van der Waals surface area contributed by atoms with Crippen LogP contribution in [0, 0.1) is 0 Å². The third kappa shape index (κ3) is 5.79. The Morgan fingerprint density at radius 3 is 2.23 bits per heavy atom. The lowest BCUT2D eigenvalue weighted by atomic mass is 10.1. The highest BCUT2D eigenvalue weighted by Gasteiger charge is 2.33. The molecular weight excluding hydrogens is 500 g/mol. The van der Waals surface area contributed by atoms with Crippen molar-refractivity contribution in [2.24, 2.45) is 4.99 Å². The number of amides is 1. The molecule has 1 aliphatic heterocycles. The quantitative estimate of drug-likeness (QED) is 0.201. The average Bonchev–Trinajstić information content (AvgIpc) is 3.26. The molecule has 1 fully saturated rings. The van der Waals surface area contributed by atoms with Crippen molar-refractivity contribution in [3.05, 3.63) is 149 Å². The number of hydrogen-bond acceptors (Lipinski definition) is 4. The lowest BCUT2D eigenvalue weighted by Gasteiger charge is -2.15. The molecule has 0 radical (unpaired) electrons. The van der Waals surface area contributed by atoms with Crippen LogP contribution in [0.25, 0.3) is 16.8 Å². The predicted octanol–water partition coefficient (Wildman–Crippen LogP) is 8.22. The fourth-order valence-corrected chi connectivity index (χ4v) is 5.50. The molecule has 5 heteroatoms. The van der Waals surface area contributed by atoms with Gasteiger partial charge >= 0.3 is 0 Å². The third-order valence-corrected chi connectivity index (χ3v) is 7.51. The molecule has 0 saturated carbocycles. The molecule has 1 heterocycles. The summed E-state index contributed by atoms with van der Waals surface area (Å²) < 4.78 is 6.09. The Morgan fingerprint density at radius 2 is 1.44 bits per heavy atom. The van der Waals surface area contributed by atoms with Crippen molar-refractivity contribution in [1.29, 1.82) is 0 Å². The molecule has 190 valence electrons. The van der Waals surface area contributed by atoms with Gasteiger partial charge in [0.15, 0.2) is 5.17 Å². The third-order valence-electron chi connectivity index (χ3n) is 6.50. The molecule has 0 aliphatic carbocycles. The molecule has 1 amide bonds. The first-order valence-corrected chi connectivity index (χ1v) is 13.6. The number of hydrogen-bond donors (Lipinski definition) is 0. The number of amidine groups is 1. The highest BCUT2D eigenvalue weighted by molar-refractivity contribution is 8.18. The highest BCUT2D eigenvalue weighted by atomic mass is 32.2. The molecule has 0 bridgehead atoms. The maximum absolute atomic E-state index is 13.5. The fraction of sp³-hybridized carbons (Fsp3) is 0.0588. The summed E-state index contributed by atoms with van der Waals surface area (Å²) in [4.78, 5) is 20.7. The van der Waals surface area contributed by atoms with Crippen molar-refractivity contribution in [2.75, 3.05) is 0 Å². The van der Waals surface area contributed by atoms with Gasteiger partial charge in [0.1, 0.15) is 12.4 Å². The van der Waals surface area contributed by atoms with E-state index in [1.807, 2.05) is 103 Å². The minimum Gasteiger partial charge on any atom is -0.489 e. The van der Waals surface area contributed by atoms with Gasteiger partial charge in [-0.1, -0.05) is 103 Å². The number of carbonyl (C=O) groups is 1. The van der Waals surface area contributed by atoms with Gasteiger partial charge < -0.3 is 4.74 Å². The number of nitrogens with zero attached hydrogens (tertiary/aromatic N) is 2. The minimum atomic E-state index is -0.0465. The van der Waals surface area contributed by atoms with Crippen LogP contribution < -0.4 is 4.74 Å². The zero-order valence-electron chi connectivity index (χ0n) is 21.2. The first-order valence-electron chi connectivity index (χ1n) is 12.8. The molecular formula is C34H26N2O2S. The Morgan fingerprint density at radius 1 is 0.744 bits per heavy atom. The Hall–Kier alpha value is -4.61. The molecule has 0 spiro atoms. The number of aliphatic imine (C=N–C) groups is 1. The van der Waals surface area contributed by atoms with Crippen LogP contribution in [-0.4, -0.2) is 16.0 Å². The summed E-state index contributed by atoms with van der Waals surface area (Å²) in [6, 6.07) is 42.2. The second-order valence-corrected chi connectivity index (χ2v) is 10.2. The molecule has 5 aromatic carbocycles. The fourth-order valence-electron chi connectivity index (χ4n) is 4.50. The molecule has 1 aliphatic rings. The molecule has 6 rings (SSSR count). The highest BCUT2D eigenvalue weighted by Crippen LogP contribution is 2.35. The smallest absolute Gasteiger partial charge is 0.267 e. The molecule has 5 aromatic rings. The van der Waals surface area contributed by atoms with E-state index in [9.17, 15) is 4.79 Å². The first kappa shape index (κ1) is 24.7. The van der Waals surface area contributed by atoms with Gasteiger partial charge in [0.05, 0.1) is 17.1 Å². The second-order valence-electron chi connectivity index (χ2n) is 9.21. The van der Waals surface area contributed by atoms with Crippen LogP contribution >= 0.6 is 11.8 Å². The van der Waals surface area contributed by atoms with Crippen LogP contribution in [0.2, 0.25) is 0 Å². The van der Waals surface area contributed by atoms with Gasteiger partial charge in [0.25, 0.3) is 5.91 Å². The van der Waals surface area contributed by atoms with Gasteiger partial charge in [-0.05, 0) is 69.6 Å². The maximum Gasteiger partial charge on any atom is 0.267 e. The van der Waals surface area contributed by atoms with E-state index in [0.717, 1.165) is 28.1 Å². The van der Waals surface area contributed by atoms with Crippen LogP contribution in [0.4, 0.5) is 5.69 Å². The van der Waals surface area contributed by atoms with Crippen molar-refractivity contribution in [3.63, 3.8) is 0 Å². The summed E-state index contributed by atoms with van der Waals surface area (Å²) in [7, 11) is 0. The van der Waals surface area contributed by atoms with E-state index in [2.05, 4.69) is 30.3 Å². The number of benzene rings is 5. The standard InChI is InChI=1S/C34H26N2O2S/c37-33-32(39-34(35-29-15-5-2-6-16-29)36(33)23-26-10-3-1-4-11-26)22-25-18-20-30(21-19-25)38-24-28-14-9-13-27-12-7-8-17-31(27)28/h1-22H,23-24H2/b32-22-,35-34?. The lowest BCUT2D eigenvalue weighted by Crippen LogP contribution is -2.28. The zero-order chi connectivity index (χ0) is 26.4. The number of carbonyl (C=O) groups excluding carboxylic acids is 1. The van der Waals surface area contributed by atoms with Crippen LogP contribution in [0.15, 0.2) is 137 Å². The first-order chi connectivity index (χ1) is 19.2. The molecule has 39 heavy (non-hydrogen) atoms. The monoisotopic (exact) mass is 526 g/mol. The van der Waals surface area contributed by atoms with Crippen LogP contribution in [-0.2, 0) is 17.9 Å². The van der Waals surface area contributed by atoms with Crippen molar-refractivity contribution in [3.8, 4) is 5.75 Å². The summed E-state index contributed by atoms with van der Waals surface area (Å²) in [6.07, 6.45) is 1.92. The normalized spacial score (nSPS) is 15.4. The Kier molecular flexibility index (Phi) is 7.23.